The number of benzene rings is 2. The zero-order valence-corrected chi connectivity index (χ0v) is 31.1. The van der Waals surface area contributed by atoms with E-state index in [4.69, 9.17) is 14.7 Å². The number of anilines is 1. The van der Waals surface area contributed by atoms with E-state index in [1.54, 1.807) is 65.1 Å². The third kappa shape index (κ3) is 6.78. The Morgan fingerprint density at radius 1 is 1.13 bits per heavy atom. The number of sulfone groups is 1. The monoisotopic (exact) mass is 743 g/mol. The van der Waals surface area contributed by atoms with Crippen molar-refractivity contribution in [3.05, 3.63) is 71.3 Å². The summed E-state index contributed by atoms with van der Waals surface area (Å²) in [6.45, 7) is 6.35. The molecule has 0 spiro atoms. The van der Waals surface area contributed by atoms with E-state index in [-0.39, 0.29) is 52.1 Å². The number of piperazine rings is 1. The van der Waals surface area contributed by atoms with Gasteiger partial charge in [0.15, 0.2) is 10.7 Å². The number of hydrogen-bond acceptors (Lipinski definition) is 11. The van der Waals surface area contributed by atoms with Crippen LogP contribution in [0.25, 0.3) is 21.3 Å². The number of ether oxygens (including phenoxy) is 1. The predicted octanol–water partition coefficient (Wildman–Crippen LogP) is 5.88. The first-order valence-corrected chi connectivity index (χ1v) is 19.3. The van der Waals surface area contributed by atoms with E-state index in [0.717, 1.165) is 24.2 Å². The summed E-state index contributed by atoms with van der Waals surface area (Å²) >= 11 is 1.09. The normalized spacial score (nSPS) is 17.7. The Morgan fingerprint density at radius 3 is 2.50 bits per heavy atom. The van der Waals surface area contributed by atoms with Gasteiger partial charge in [0.25, 0.3) is 0 Å². The number of amides is 1. The van der Waals surface area contributed by atoms with E-state index in [9.17, 15) is 18.5 Å². The molecule has 2 fully saturated rings. The smallest absolute Gasteiger partial charge is 0.410 e. The highest BCUT2D eigenvalue weighted by Gasteiger charge is 2.44. The molecule has 0 N–H and O–H groups in total. The fraction of sp³-hybridized carbons (Fsp3) is 0.389. The Bertz CT molecular complexity index is 2350. The topological polar surface area (TPSA) is 150 Å². The van der Waals surface area contributed by atoms with Gasteiger partial charge in [-0.15, -0.1) is 11.3 Å². The van der Waals surface area contributed by atoms with E-state index in [0.29, 0.717) is 39.3 Å². The molecule has 5 aromatic rings. The molecule has 16 heteroatoms. The molecule has 5 heterocycles. The van der Waals surface area contributed by atoms with Crippen molar-refractivity contribution in [2.75, 3.05) is 32.1 Å². The number of rotatable bonds is 8. The second-order valence-corrected chi connectivity index (χ2v) is 17.2. The Morgan fingerprint density at radius 2 is 1.85 bits per heavy atom. The number of aromatic nitrogens is 4. The summed E-state index contributed by atoms with van der Waals surface area (Å²) in [7, 11) is -0.427. The van der Waals surface area contributed by atoms with Gasteiger partial charge in [0.05, 0.1) is 47.3 Å². The van der Waals surface area contributed by atoms with Crippen molar-refractivity contribution >= 4 is 65.8 Å². The van der Waals surface area contributed by atoms with Crippen LogP contribution >= 0.6 is 11.3 Å². The fourth-order valence-corrected chi connectivity index (χ4v) is 9.30. The van der Waals surface area contributed by atoms with Gasteiger partial charge in [-0.25, -0.2) is 27.6 Å². The number of nitriles is 1. The van der Waals surface area contributed by atoms with Crippen molar-refractivity contribution < 1.29 is 22.3 Å². The molecule has 2 saturated heterocycles. The van der Waals surface area contributed by atoms with E-state index in [1.807, 2.05) is 31.7 Å². The van der Waals surface area contributed by atoms with Crippen molar-refractivity contribution in [2.45, 2.75) is 68.6 Å². The molecule has 2 aliphatic heterocycles. The van der Waals surface area contributed by atoms with Crippen LogP contribution in [0.3, 0.4) is 0 Å². The highest BCUT2D eigenvalue weighted by molar-refractivity contribution is 7.90. The first-order valence-electron chi connectivity index (χ1n) is 16.8. The molecule has 13 nitrogen and oxygen atoms in total. The minimum Gasteiger partial charge on any atom is -0.444 e. The molecule has 52 heavy (non-hydrogen) atoms. The van der Waals surface area contributed by atoms with Crippen molar-refractivity contribution in [3.8, 4) is 6.07 Å². The van der Waals surface area contributed by atoms with Gasteiger partial charge in [0, 0.05) is 32.6 Å². The van der Waals surface area contributed by atoms with Crippen LogP contribution < -0.4 is 4.90 Å². The standard InChI is InChI=1S/C36H38FN9O4S2/c1-36(2,3)50-35(47)44-17-24-12-13-25(18-44)46(24)34-41-31-29(33(42-34)52(48,49)19-22-9-7-6-8-10-22)39-21-45(31)16-23-11-14-27(37)30-28(23)26(15-38)32(51-30)40-20-43(4)5/h6-11,14,20-21,24-25H,12-13,16-19H2,1-5H3/b40-20+/t24-,25+. The molecular formula is C36H38FN9O4S2. The third-order valence-corrected chi connectivity index (χ3v) is 11.7. The van der Waals surface area contributed by atoms with Crippen molar-refractivity contribution in [2.24, 2.45) is 4.99 Å². The van der Waals surface area contributed by atoms with E-state index < -0.39 is 27.3 Å². The maximum Gasteiger partial charge on any atom is 0.410 e. The zero-order chi connectivity index (χ0) is 36.9. The lowest BCUT2D eigenvalue weighted by Crippen LogP contribution is -2.56. The Labute approximate surface area is 304 Å². The maximum atomic E-state index is 15.2. The molecule has 0 aliphatic carbocycles. The average molecular weight is 744 g/mol. The number of hydrogen-bond donors (Lipinski definition) is 0. The largest absolute Gasteiger partial charge is 0.444 e. The van der Waals surface area contributed by atoms with Gasteiger partial charge in [0.2, 0.25) is 15.8 Å². The van der Waals surface area contributed by atoms with Gasteiger partial charge < -0.3 is 24.0 Å². The lowest BCUT2D eigenvalue weighted by atomic mass is 10.1. The van der Waals surface area contributed by atoms with Crippen LogP contribution in [0.15, 0.2) is 58.8 Å². The molecule has 270 valence electrons. The number of likely N-dealkylation sites (tertiary alicyclic amines) is 1. The molecule has 7 rings (SSSR count). The van der Waals surface area contributed by atoms with E-state index in [2.05, 4.69) is 16.0 Å². The summed E-state index contributed by atoms with van der Waals surface area (Å²) in [6.07, 6.45) is 4.19. The van der Waals surface area contributed by atoms with Crippen LogP contribution in [0.4, 0.5) is 20.1 Å². The number of carbonyl (C=O) groups excluding carboxylic acids is 1. The van der Waals surface area contributed by atoms with E-state index in [1.165, 1.54) is 12.4 Å². The first-order chi connectivity index (χ1) is 24.7. The number of fused-ring (bicyclic) bond motifs is 4. The van der Waals surface area contributed by atoms with Gasteiger partial charge >= 0.3 is 6.09 Å². The van der Waals surface area contributed by atoms with Crippen LogP contribution in [0, 0.1) is 17.1 Å². The molecule has 2 bridgehead atoms. The van der Waals surface area contributed by atoms with Crippen molar-refractivity contribution in [3.63, 3.8) is 0 Å². The van der Waals surface area contributed by atoms with Gasteiger partial charge in [-0.2, -0.15) is 15.2 Å². The SMILES string of the molecule is CN(C)/C=N/c1sc2c(F)ccc(Cn3cnc4c(S(=O)(=O)Cc5ccccc5)nc(N5[C@@H]6CC[C@H]5CN(C(=O)OC(C)(C)C)C6)nc43)c2c1C#N. The summed E-state index contributed by atoms with van der Waals surface area (Å²) < 4.78 is 51.2. The van der Waals surface area contributed by atoms with Crippen LogP contribution in [-0.2, 0) is 26.9 Å². The zero-order valence-electron chi connectivity index (χ0n) is 29.4. The summed E-state index contributed by atoms with van der Waals surface area (Å²) in [5.41, 5.74) is 1.22. The average Bonchev–Trinajstić information content (AvgIpc) is 3.75. The molecule has 0 saturated carbocycles. The molecule has 2 atom stereocenters. The fourth-order valence-electron chi connectivity index (χ4n) is 6.83. The highest BCUT2D eigenvalue weighted by atomic mass is 32.2. The van der Waals surface area contributed by atoms with Crippen LogP contribution in [0.2, 0.25) is 0 Å². The van der Waals surface area contributed by atoms with E-state index >= 15 is 4.39 Å². The lowest BCUT2D eigenvalue weighted by Gasteiger charge is -2.41. The number of aliphatic imine (C=N–C) groups is 1. The quantitative estimate of drug-likeness (QED) is 0.107. The third-order valence-electron chi connectivity index (χ3n) is 9.00. The summed E-state index contributed by atoms with van der Waals surface area (Å²) in [6, 6.07) is 13.7. The number of nitrogens with zero attached hydrogens (tertiary/aromatic N) is 9. The molecular weight excluding hydrogens is 706 g/mol. The van der Waals surface area contributed by atoms with Crippen LogP contribution in [-0.4, -0.2) is 95.0 Å². The van der Waals surface area contributed by atoms with Crippen molar-refractivity contribution in [1.82, 2.24) is 29.3 Å². The van der Waals surface area contributed by atoms with Gasteiger partial charge in [-0.05, 0) is 50.8 Å². The molecule has 3 aromatic heterocycles. The summed E-state index contributed by atoms with van der Waals surface area (Å²) in [5, 5.41) is 10.8. The Kier molecular flexibility index (Phi) is 9.12. The van der Waals surface area contributed by atoms with Crippen molar-refractivity contribution in [1.29, 1.82) is 5.26 Å². The second kappa shape index (κ2) is 13.4. The lowest BCUT2D eigenvalue weighted by molar-refractivity contribution is 0.0208. The first kappa shape index (κ1) is 35.3. The van der Waals surface area contributed by atoms with Gasteiger partial charge in [-0.3, -0.25) is 0 Å². The molecule has 1 amide bonds. The molecule has 0 radical (unpaired) electrons. The minimum absolute atomic E-state index is 0.111. The number of halogens is 1. The number of imidazole rings is 1. The molecule has 2 aromatic carbocycles. The Hall–Kier alpha value is -5.14. The second-order valence-electron chi connectivity index (χ2n) is 14.3. The summed E-state index contributed by atoms with van der Waals surface area (Å²) in [5.74, 6) is -0.530. The van der Waals surface area contributed by atoms with Crippen LogP contribution in [0.5, 0.6) is 0 Å². The highest BCUT2D eigenvalue weighted by Crippen LogP contribution is 2.41. The Balaban J connectivity index is 1.33. The number of thiophene rings is 1. The number of carbonyl (C=O) groups is 1. The molecule has 0 unspecified atom stereocenters. The summed E-state index contributed by atoms with van der Waals surface area (Å²) in [4.78, 5) is 37.1. The van der Waals surface area contributed by atoms with Gasteiger partial charge in [-0.1, -0.05) is 36.4 Å². The van der Waals surface area contributed by atoms with Crippen LogP contribution in [0.1, 0.15) is 50.3 Å². The maximum absolute atomic E-state index is 15.2. The molecule has 2 aliphatic rings. The minimum atomic E-state index is -4.03. The predicted molar refractivity (Wildman–Crippen MR) is 197 cm³/mol. The van der Waals surface area contributed by atoms with Gasteiger partial charge in [0.1, 0.15) is 28.0 Å².